The Balaban J connectivity index is 1.51. The van der Waals surface area contributed by atoms with Crippen LogP contribution in [-0.2, 0) is 19.1 Å². The number of pyridine rings is 1. The molecule has 1 aliphatic rings. The summed E-state index contributed by atoms with van der Waals surface area (Å²) in [5, 5.41) is 3.75. The Hall–Kier alpha value is -5.09. The van der Waals surface area contributed by atoms with Gasteiger partial charge >= 0.3 is 12.0 Å². The second-order valence-corrected chi connectivity index (χ2v) is 9.79. The van der Waals surface area contributed by atoms with Gasteiger partial charge in [-0.05, 0) is 30.7 Å². The largest absolute Gasteiger partial charge is 0.467 e. The van der Waals surface area contributed by atoms with E-state index in [9.17, 15) is 14.4 Å². The van der Waals surface area contributed by atoms with Crippen LogP contribution in [-0.4, -0.2) is 74.8 Å². The van der Waals surface area contributed by atoms with Crippen molar-refractivity contribution >= 4 is 35.2 Å². The van der Waals surface area contributed by atoms with E-state index in [2.05, 4.69) is 25.1 Å². The molecular weight excluding hydrogens is 608 g/mol. The molecule has 44 heavy (non-hydrogen) atoms. The molecule has 2 atom stereocenters. The summed E-state index contributed by atoms with van der Waals surface area (Å²) < 4.78 is 51.3. The number of methoxy groups -OCH3 is 1. The molecule has 4 aromatic rings. The third-order valence-electron chi connectivity index (χ3n) is 6.59. The average Bonchev–Trinajstić information content (AvgIpc) is 3.40. The van der Waals surface area contributed by atoms with Crippen molar-refractivity contribution in [2.75, 3.05) is 25.2 Å². The highest BCUT2D eigenvalue weighted by Crippen LogP contribution is 2.38. The van der Waals surface area contributed by atoms with Gasteiger partial charge in [0.25, 0.3) is 11.8 Å². The molecule has 1 aromatic carbocycles. The second-order valence-electron chi connectivity index (χ2n) is 9.36. The molecule has 1 saturated heterocycles. The number of carbonyl (C=O) groups excluding carboxylic acids is 3. The van der Waals surface area contributed by atoms with Gasteiger partial charge in [-0.2, -0.15) is 4.98 Å². The number of hydrogen-bond acceptors (Lipinski definition) is 12. The molecule has 228 valence electrons. The monoisotopic (exact) mass is 629 g/mol. The fraction of sp³-hybridized carbons (Fsp3) is 0.259. The zero-order valence-electron chi connectivity index (χ0n) is 23.2. The zero-order chi connectivity index (χ0) is 31.8. The molecule has 3 aromatic heterocycles. The maximum Gasteiger partial charge on any atom is 0.342 e. The third kappa shape index (κ3) is 5.40. The summed E-state index contributed by atoms with van der Waals surface area (Å²) in [4.78, 5) is 55.7. The van der Waals surface area contributed by atoms with Crippen molar-refractivity contribution in [2.24, 2.45) is 5.73 Å². The van der Waals surface area contributed by atoms with Crippen LogP contribution in [0.3, 0.4) is 0 Å². The SMILES string of the molecule is CCN(C(=O)C1(OC(=O)c2cnc(OC)nc2)COC1C(N)=O)c1ncc(-c2cc(Cl)cc(F)c2-c2noc(C)n2)cc1F. The quantitative estimate of drug-likeness (QED) is 0.267. The van der Waals surface area contributed by atoms with E-state index in [1.807, 2.05) is 0 Å². The molecular formula is C27H22ClF2N7O7. The van der Waals surface area contributed by atoms with Crippen molar-refractivity contribution in [1.82, 2.24) is 25.1 Å². The Morgan fingerprint density at radius 2 is 1.86 bits per heavy atom. The van der Waals surface area contributed by atoms with Crippen molar-refractivity contribution in [2.45, 2.75) is 25.6 Å². The summed E-state index contributed by atoms with van der Waals surface area (Å²) >= 11 is 6.09. The molecule has 0 aliphatic carbocycles. The number of halogens is 3. The Kier molecular flexibility index (Phi) is 8.21. The lowest BCUT2D eigenvalue weighted by Crippen LogP contribution is -2.72. The smallest absolute Gasteiger partial charge is 0.342 e. The summed E-state index contributed by atoms with van der Waals surface area (Å²) in [7, 11) is 1.32. The van der Waals surface area contributed by atoms with E-state index < -0.39 is 53.5 Å². The number of nitrogens with two attached hydrogens (primary N) is 1. The number of primary amides is 1. The van der Waals surface area contributed by atoms with Crippen LogP contribution in [0.5, 0.6) is 6.01 Å². The van der Waals surface area contributed by atoms with Crippen LogP contribution in [0, 0.1) is 18.6 Å². The number of benzene rings is 1. The highest BCUT2D eigenvalue weighted by Gasteiger charge is 2.63. The van der Waals surface area contributed by atoms with E-state index in [-0.39, 0.29) is 51.5 Å². The van der Waals surface area contributed by atoms with Gasteiger partial charge in [-0.25, -0.2) is 28.5 Å². The molecule has 0 radical (unpaired) electrons. The molecule has 0 spiro atoms. The van der Waals surface area contributed by atoms with Crippen molar-refractivity contribution < 1.29 is 41.9 Å². The Morgan fingerprint density at radius 3 is 2.41 bits per heavy atom. The lowest BCUT2D eigenvalue weighted by atomic mass is 9.89. The number of ether oxygens (including phenoxy) is 3. The summed E-state index contributed by atoms with van der Waals surface area (Å²) in [6.07, 6.45) is 1.66. The number of rotatable bonds is 9. The number of esters is 1. The summed E-state index contributed by atoms with van der Waals surface area (Å²) in [6, 6.07) is 3.37. The molecule has 1 aliphatic heterocycles. The lowest BCUT2D eigenvalue weighted by Gasteiger charge is -2.46. The number of aryl methyl sites for hydroxylation is 1. The summed E-state index contributed by atoms with van der Waals surface area (Å²) in [5.74, 6) is -5.45. The molecule has 0 bridgehead atoms. The van der Waals surface area contributed by atoms with Crippen molar-refractivity contribution in [1.29, 1.82) is 0 Å². The summed E-state index contributed by atoms with van der Waals surface area (Å²) in [6.45, 7) is 2.27. The number of amides is 2. The van der Waals surface area contributed by atoms with E-state index in [1.165, 1.54) is 33.2 Å². The fourth-order valence-corrected chi connectivity index (χ4v) is 4.71. The standard InChI is InChI=1S/C27H22ClF2N7O7/c1-4-37(25(40)27(11-42-20(27)21(31)38)43-24(39)14-9-33-26(41-3)34-10-14)23-18(30)5-13(8-32-23)16-6-15(28)7-17(29)19(16)22-35-12(2)44-36-22/h5-10,20H,4,11H2,1-3H3,(H2,31,38). The first-order valence-electron chi connectivity index (χ1n) is 12.8. The topological polar surface area (TPSA) is 186 Å². The molecule has 2 N–H and O–H groups in total. The van der Waals surface area contributed by atoms with Crippen LogP contribution in [0.1, 0.15) is 23.2 Å². The van der Waals surface area contributed by atoms with Crippen LogP contribution >= 0.6 is 11.6 Å². The normalized spacial score (nSPS) is 17.5. The minimum atomic E-state index is -2.26. The van der Waals surface area contributed by atoms with E-state index in [0.717, 1.165) is 29.4 Å². The van der Waals surface area contributed by atoms with Crippen LogP contribution in [0.2, 0.25) is 5.02 Å². The predicted molar refractivity (Wildman–Crippen MR) is 146 cm³/mol. The third-order valence-corrected chi connectivity index (χ3v) is 6.80. The first-order valence-corrected chi connectivity index (χ1v) is 13.1. The molecule has 2 unspecified atom stereocenters. The highest BCUT2D eigenvalue weighted by molar-refractivity contribution is 6.31. The maximum absolute atomic E-state index is 15.7. The van der Waals surface area contributed by atoms with Gasteiger partial charge in [0, 0.05) is 42.6 Å². The predicted octanol–water partition coefficient (Wildman–Crippen LogP) is 2.67. The first kappa shape index (κ1) is 30.4. The number of nitrogens with zero attached hydrogens (tertiary/aromatic N) is 6. The Bertz CT molecular complexity index is 1770. The molecule has 4 heterocycles. The average molecular weight is 630 g/mol. The van der Waals surface area contributed by atoms with Gasteiger partial charge in [0.1, 0.15) is 12.4 Å². The molecule has 1 fully saturated rings. The van der Waals surface area contributed by atoms with E-state index in [0.29, 0.717) is 0 Å². The van der Waals surface area contributed by atoms with Crippen LogP contribution in [0.15, 0.2) is 41.3 Å². The van der Waals surface area contributed by atoms with Gasteiger partial charge in [-0.1, -0.05) is 16.8 Å². The number of hydrogen-bond donors (Lipinski definition) is 1. The Morgan fingerprint density at radius 1 is 1.14 bits per heavy atom. The van der Waals surface area contributed by atoms with Crippen molar-refractivity contribution in [3.63, 3.8) is 0 Å². The number of anilines is 1. The van der Waals surface area contributed by atoms with Crippen LogP contribution in [0.25, 0.3) is 22.5 Å². The highest BCUT2D eigenvalue weighted by atomic mass is 35.5. The first-order chi connectivity index (χ1) is 21.0. The van der Waals surface area contributed by atoms with E-state index >= 15 is 8.78 Å². The van der Waals surface area contributed by atoms with Crippen LogP contribution in [0.4, 0.5) is 14.6 Å². The fourth-order valence-electron chi connectivity index (χ4n) is 4.51. The van der Waals surface area contributed by atoms with Gasteiger partial charge in [0.15, 0.2) is 17.7 Å². The van der Waals surface area contributed by atoms with E-state index in [4.69, 9.17) is 36.1 Å². The van der Waals surface area contributed by atoms with Gasteiger partial charge in [0.2, 0.25) is 17.3 Å². The molecule has 5 rings (SSSR count). The van der Waals surface area contributed by atoms with Crippen LogP contribution < -0.4 is 15.4 Å². The molecule has 2 amide bonds. The zero-order valence-corrected chi connectivity index (χ0v) is 24.0. The Labute approximate surface area is 252 Å². The maximum atomic E-state index is 15.7. The molecule has 17 heteroatoms. The van der Waals surface area contributed by atoms with Gasteiger partial charge < -0.3 is 24.5 Å². The minimum Gasteiger partial charge on any atom is -0.467 e. The lowest BCUT2D eigenvalue weighted by molar-refractivity contribution is -0.225. The van der Waals surface area contributed by atoms with Crippen molar-refractivity contribution in [3.05, 3.63) is 64.9 Å². The molecule has 0 saturated carbocycles. The van der Waals surface area contributed by atoms with Gasteiger partial charge in [0.05, 0.1) is 18.2 Å². The molecule has 14 nitrogen and oxygen atoms in total. The number of aromatic nitrogens is 5. The summed E-state index contributed by atoms with van der Waals surface area (Å²) in [5.41, 5.74) is 3.04. The number of carbonyl (C=O) groups is 3. The van der Waals surface area contributed by atoms with E-state index in [1.54, 1.807) is 0 Å². The second kappa shape index (κ2) is 11.9. The minimum absolute atomic E-state index is 0.00445. The van der Waals surface area contributed by atoms with Gasteiger partial charge in [-0.3, -0.25) is 14.5 Å². The van der Waals surface area contributed by atoms with Crippen molar-refractivity contribution in [3.8, 4) is 28.5 Å². The number of likely N-dealkylation sites (N-methyl/N-ethyl adjacent to an activating group) is 1. The van der Waals surface area contributed by atoms with Gasteiger partial charge in [-0.15, -0.1) is 0 Å².